The topological polar surface area (TPSA) is 119 Å². The van der Waals surface area contributed by atoms with Crippen molar-refractivity contribution in [1.29, 1.82) is 0 Å². The quantitative estimate of drug-likeness (QED) is 0.569. The van der Waals surface area contributed by atoms with E-state index in [1.54, 1.807) is 0 Å². The van der Waals surface area contributed by atoms with Gasteiger partial charge in [0.25, 0.3) is 16.0 Å². The third kappa shape index (κ3) is 4.30. The van der Waals surface area contributed by atoms with Crippen molar-refractivity contribution in [3.63, 3.8) is 0 Å². The standard InChI is InChI=1S/C18H19F3N2O5S/c19-18(20,21)13-10-15(24)23-14-6-5-11(9-12(13)14)29(26,27)28-17(16(22)25)7-3-1-2-4-8-17/h5-6,9-10H,1-4,7-8H2,(H2,22,25)(H,23,24). The Morgan fingerprint density at radius 3 is 2.28 bits per heavy atom. The second-order valence-electron chi connectivity index (χ2n) is 7.06. The van der Waals surface area contributed by atoms with Gasteiger partial charge in [0.2, 0.25) is 5.56 Å². The summed E-state index contributed by atoms with van der Waals surface area (Å²) in [5, 5.41) is -0.504. The number of amides is 1. The molecule has 2 aromatic rings. The number of aromatic amines is 1. The monoisotopic (exact) mass is 432 g/mol. The number of primary amides is 1. The first kappa shape index (κ1) is 21.3. The van der Waals surface area contributed by atoms with Gasteiger partial charge in [-0.2, -0.15) is 21.6 Å². The van der Waals surface area contributed by atoms with Crippen LogP contribution in [-0.4, -0.2) is 24.9 Å². The Balaban J connectivity index is 2.10. The van der Waals surface area contributed by atoms with Gasteiger partial charge in [0, 0.05) is 17.0 Å². The molecule has 0 atom stereocenters. The molecule has 0 radical (unpaired) electrons. The molecule has 0 aliphatic heterocycles. The number of alkyl halides is 3. The molecular formula is C18H19F3N2O5S. The highest BCUT2D eigenvalue weighted by Gasteiger charge is 2.43. The maximum absolute atomic E-state index is 13.3. The van der Waals surface area contributed by atoms with Crippen LogP contribution in [0.25, 0.3) is 10.9 Å². The molecule has 11 heteroatoms. The first-order valence-electron chi connectivity index (χ1n) is 8.94. The summed E-state index contributed by atoms with van der Waals surface area (Å²) in [4.78, 5) is 25.2. The summed E-state index contributed by atoms with van der Waals surface area (Å²) >= 11 is 0. The van der Waals surface area contributed by atoms with Gasteiger partial charge in [0.1, 0.15) is 0 Å². The molecule has 1 aromatic carbocycles. The van der Waals surface area contributed by atoms with Crippen molar-refractivity contribution in [2.24, 2.45) is 5.73 Å². The molecule has 0 bridgehead atoms. The largest absolute Gasteiger partial charge is 0.417 e. The number of pyridine rings is 1. The highest BCUT2D eigenvalue weighted by Crippen LogP contribution is 2.36. The van der Waals surface area contributed by atoms with Crippen LogP contribution < -0.4 is 11.3 Å². The van der Waals surface area contributed by atoms with Gasteiger partial charge < -0.3 is 10.7 Å². The highest BCUT2D eigenvalue weighted by atomic mass is 32.2. The van der Waals surface area contributed by atoms with Crippen molar-refractivity contribution in [3.05, 3.63) is 40.2 Å². The van der Waals surface area contributed by atoms with E-state index >= 15 is 0 Å². The molecule has 158 valence electrons. The van der Waals surface area contributed by atoms with Gasteiger partial charge in [-0.1, -0.05) is 12.8 Å². The molecule has 1 heterocycles. The molecule has 3 rings (SSSR count). The zero-order valence-electron chi connectivity index (χ0n) is 15.2. The van der Waals surface area contributed by atoms with Crippen molar-refractivity contribution in [1.82, 2.24) is 4.98 Å². The van der Waals surface area contributed by atoms with Crippen molar-refractivity contribution in [3.8, 4) is 0 Å². The number of aromatic nitrogens is 1. The summed E-state index contributed by atoms with van der Waals surface area (Å²) in [6.45, 7) is 0. The fourth-order valence-corrected chi connectivity index (χ4v) is 4.81. The van der Waals surface area contributed by atoms with Crippen LogP contribution in [0.2, 0.25) is 0 Å². The highest BCUT2D eigenvalue weighted by molar-refractivity contribution is 7.86. The lowest BCUT2D eigenvalue weighted by atomic mass is 9.94. The number of carbonyl (C=O) groups is 1. The maximum atomic E-state index is 13.3. The Bertz CT molecular complexity index is 1100. The average molecular weight is 432 g/mol. The number of H-pyrrole nitrogens is 1. The number of halogens is 3. The first-order valence-corrected chi connectivity index (χ1v) is 10.4. The minimum Gasteiger partial charge on any atom is -0.367 e. The molecule has 1 aliphatic carbocycles. The number of hydrogen-bond donors (Lipinski definition) is 2. The summed E-state index contributed by atoms with van der Waals surface area (Å²) in [5.74, 6) is -0.927. The van der Waals surface area contributed by atoms with E-state index in [1.807, 2.05) is 0 Å². The minimum atomic E-state index is -4.87. The van der Waals surface area contributed by atoms with E-state index < -0.39 is 49.2 Å². The molecule has 1 amide bonds. The van der Waals surface area contributed by atoms with E-state index in [1.165, 1.54) is 0 Å². The molecule has 1 fully saturated rings. The van der Waals surface area contributed by atoms with Crippen LogP contribution in [0, 0.1) is 0 Å². The molecule has 29 heavy (non-hydrogen) atoms. The molecule has 7 nitrogen and oxygen atoms in total. The number of carbonyl (C=O) groups excluding carboxylic acids is 1. The second-order valence-corrected chi connectivity index (χ2v) is 8.61. The van der Waals surface area contributed by atoms with Crippen molar-refractivity contribution in [2.45, 2.75) is 55.2 Å². The summed E-state index contributed by atoms with van der Waals surface area (Å²) in [6.07, 6.45) is -2.00. The maximum Gasteiger partial charge on any atom is 0.417 e. The minimum absolute atomic E-state index is 0.107. The summed E-state index contributed by atoms with van der Waals surface area (Å²) < 4.78 is 70.8. The van der Waals surface area contributed by atoms with Crippen molar-refractivity contribution in [2.75, 3.05) is 0 Å². The lowest BCUT2D eigenvalue weighted by molar-refractivity contribution is -0.136. The Kier molecular flexibility index (Phi) is 5.48. The van der Waals surface area contributed by atoms with Crippen LogP contribution in [0.4, 0.5) is 13.2 Å². The third-order valence-corrected chi connectivity index (χ3v) is 6.41. The lowest BCUT2D eigenvalue weighted by Gasteiger charge is -2.28. The molecule has 1 aliphatic rings. The van der Waals surface area contributed by atoms with Crippen LogP contribution >= 0.6 is 0 Å². The normalized spacial score (nSPS) is 17.8. The van der Waals surface area contributed by atoms with Gasteiger partial charge >= 0.3 is 6.18 Å². The molecule has 1 saturated carbocycles. The predicted octanol–water partition coefficient (Wildman–Crippen LogP) is 2.83. The van der Waals surface area contributed by atoms with Gasteiger partial charge in [0.15, 0.2) is 5.60 Å². The van der Waals surface area contributed by atoms with Crippen molar-refractivity contribution < 1.29 is 30.6 Å². The molecule has 3 N–H and O–H groups in total. The molecular weight excluding hydrogens is 413 g/mol. The van der Waals surface area contributed by atoms with Crippen LogP contribution in [-0.2, 0) is 25.3 Å². The molecule has 0 unspecified atom stereocenters. The zero-order valence-corrected chi connectivity index (χ0v) is 16.0. The number of nitrogens with two attached hydrogens (primary N) is 1. The summed E-state index contributed by atoms with van der Waals surface area (Å²) in [6, 6.07) is 3.19. The molecule has 0 saturated heterocycles. The van der Waals surface area contributed by atoms with Gasteiger partial charge in [-0.15, -0.1) is 0 Å². The van der Waals surface area contributed by atoms with Gasteiger partial charge in [0.05, 0.1) is 10.5 Å². The van der Waals surface area contributed by atoms with E-state index in [0.717, 1.165) is 31.0 Å². The SMILES string of the molecule is NC(=O)C1(OS(=O)(=O)c2ccc3[nH]c(=O)cc(C(F)(F)F)c3c2)CCCCCC1. The lowest BCUT2D eigenvalue weighted by Crippen LogP contribution is -2.47. The number of hydrogen-bond acceptors (Lipinski definition) is 5. The Labute approximate surface area is 164 Å². The van der Waals surface area contributed by atoms with Crippen LogP contribution in [0.15, 0.2) is 34.0 Å². The molecule has 1 aromatic heterocycles. The van der Waals surface area contributed by atoms with Gasteiger partial charge in [-0.3, -0.25) is 9.59 Å². The van der Waals surface area contributed by atoms with Crippen LogP contribution in [0.3, 0.4) is 0 Å². The first-order chi connectivity index (χ1) is 13.4. The number of nitrogens with one attached hydrogen (secondary N) is 1. The number of benzene rings is 1. The van der Waals surface area contributed by atoms with Gasteiger partial charge in [-0.25, -0.2) is 4.18 Å². The zero-order chi connectivity index (χ0) is 21.4. The van der Waals surface area contributed by atoms with Gasteiger partial charge in [-0.05, 0) is 43.9 Å². The fraction of sp³-hybridized carbons (Fsp3) is 0.444. The van der Waals surface area contributed by atoms with E-state index in [4.69, 9.17) is 9.92 Å². The Morgan fingerprint density at radius 1 is 1.10 bits per heavy atom. The summed E-state index contributed by atoms with van der Waals surface area (Å²) in [7, 11) is -4.60. The number of fused-ring (bicyclic) bond motifs is 1. The average Bonchev–Trinajstić information content (AvgIpc) is 2.85. The van der Waals surface area contributed by atoms with Crippen molar-refractivity contribution >= 4 is 26.9 Å². The smallest absolute Gasteiger partial charge is 0.367 e. The van der Waals surface area contributed by atoms with Crippen LogP contribution in [0.5, 0.6) is 0 Å². The summed E-state index contributed by atoms with van der Waals surface area (Å²) in [5.41, 5.74) is 1.28. The predicted molar refractivity (Wildman–Crippen MR) is 97.5 cm³/mol. The van der Waals surface area contributed by atoms with E-state index in [2.05, 4.69) is 4.98 Å². The Hall–Kier alpha value is -2.40. The fourth-order valence-electron chi connectivity index (χ4n) is 3.55. The Morgan fingerprint density at radius 2 is 1.72 bits per heavy atom. The molecule has 0 spiro atoms. The second kappa shape index (κ2) is 7.45. The van der Waals surface area contributed by atoms with E-state index in [9.17, 15) is 31.2 Å². The number of rotatable bonds is 4. The third-order valence-electron chi connectivity index (χ3n) is 5.04. The van der Waals surface area contributed by atoms with E-state index in [0.29, 0.717) is 18.9 Å². The van der Waals surface area contributed by atoms with Crippen LogP contribution in [0.1, 0.15) is 44.1 Å². The van der Waals surface area contributed by atoms with E-state index in [-0.39, 0.29) is 18.4 Å².